The average Bonchev–Trinajstić information content (AvgIpc) is 2.76. The molecule has 0 atom stereocenters. The van der Waals surface area contributed by atoms with Gasteiger partial charge < -0.3 is 10.1 Å². The van der Waals surface area contributed by atoms with Crippen molar-refractivity contribution < 1.29 is 9.53 Å². The second-order valence-electron chi connectivity index (χ2n) is 8.17. The maximum absolute atomic E-state index is 12.7. The average molecular weight is 538 g/mol. The summed E-state index contributed by atoms with van der Waals surface area (Å²) in [6, 6.07) is 17.5. The first-order chi connectivity index (χ1) is 16.2. The van der Waals surface area contributed by atoms with E-state index >= 15 is 0 Å². The number of nitriles is 1. The van der Waals surface area contributed by atoms with Gasteiger partial charge in [0, 0.05) is 27.2 Å². The Hall–Kier alpha value is -3.07. The van der Waals surface area contributed by atoms with Crippen LogP contribution in [0.4, 0.5) is 5.69 Å². The number of carbonyl (C=O) groups is 1. The minimum atomic E-state index is -0.504. The molecule has 0 unspecified atom stereocenters. The van der Waals surface area contributed by atoms with Crippen LogP contribution in [0.1, 0.15) is 40.3 Å². The summed E-state index contributed by atoms with van der Waals surface area (Å²) in [5.74, 6) is 0.209. The van der Waals surface area contributed by atoms with Crippen molar-refractivity contribution in [2.45, 2.75) is 34.1 Å². The van der Waals surface area contributed by atoms with Crippen molar-refractivity contribution in [3.05, 3.63) is 97.0 Å². The fraction of sp³-hybridized carbons (Fsp3) is 0.214. The van der Waals surface area contributed by atoms with Gasteiger partial charge in [0.1, 0.15) is 17.4 Å². The second kappa shape index (κ2) is 11.4. The van der Waals surface area contributed by atoms with Gasteiger partial charge in [0.05, 0.1) is 6.61 Å². The van der Waals surface area contributed by atoms with Crippen molar-refractivity contribution in [3.63, 3.8) is 0 Å². The number of anilines is 1. The molecule has 1 N–H and O–H groups in total. The fourth-order valence-corrected chi connectivity index (χ4v) is 4.51. The van der Waals surface area contributed by atoms with E-state index in [-0.39, 0.29) is 5.57 Å². The third-order valence-electron chi connectivity index (χ3n) is 5.24. The predicted octanol–water partition coefficient (Wildman–Crippen LogP) is 7.56. The van der Waals surface area contributed by atoms with Gasteiger partial charge in [-0.05, 0) is 74.7 Å². The van der Waals surface area contributed by atoms with Crippen LogP contribution in [0, 0.1) is 32.1 Å². The number of rotatable bonds is 7. The molecule has 34 heavy (non-hydrogen) atoms. The molecule has 0 radical (unpaired) electrons. The maximum Gasteiger partial charge on any atom is 0.266 e. The molecule has 174 valence electrons. The normalized spacial score (nSPS) is 11.1. The molecule has 0 fully saturated rings. The van der Waals surface area contributed by atoms with Crippen LogP contribution in [0.2, 0.25) is 5.02 Å². The van der Waals surface area contributed by atoms with Crippen molar-refractivity contribution in [1.82, 2.24) is 0 Å². The van der Waals surface area contributed by atoms with Crippen LogP contribution >= 0.6 is 27.5 Å². The zero-order valence-corrected chi connectivity index (χ0v) is 22.0. The minimum absolute atomic E-state index is 0.0203. The highest BCUT2D eigenvalue weighted by Crippen LogP contribution is 2.33. The number of hydrogen-bond donors (Lipinski definition) is 1. The third-order valence-corrected chi connectivity index (χ3v) is 6.36. The minimum Gasteiger partial charge on any atom is -0.494 e. The van der Waals surface area contributed by atoms with Gasteiger partial charge in [0.15, 0.2) is 0 Å². The lowest BCUT2D eigenvalue weighted by Crippen LogP contribution is -2.13. The van der Waals surface area contributed by atoms with Crippen molar-refractivity contribution in [3.8, 4) is 11.8 Å². The van der Waals surface area contributed by atoms with Gasteiger partial charge in [-0.25, -0.2) is 0 Å². The van der Waals surface area contributed by atoms with Gasteiger partial charge in [-0.15, -0.1) is 0 Å². The Kier molecular flexibility index (Phi) is 8.55. The monoisotopic (exact) mass is 536 g/mol. The molecule has 3 aromatic carbocycles. The summed E-state index contributed by atoms with van der Waals surface area (Å²) in [6.07, 6.45) is 2.25. The molecule has 0 aliphatic carbocycles. The molecule has 4 nitrogen and oxygen atoms in total. The number of carbonyl (C=O) groups excluding carboxylic acids is 1. The Balaban J connectivity index is 1.92. The Labute approximate surface area is 214 Å². The first-order valence-corrected chi connectivity index (χ1v) is 12.1. The van der Waals surface area contributed by atoms with Gasteiger partial charge in [-0.3, -0.25) is 4.79 Å². The van der Waals surface area contributed by atoms with E-state index in [1.165, 1.54) is 16.7 Å². The van der Waals surface area contributed by atoms with E-state index in [1.54, 1.807) is 18.2 Å². The third kappa shape index (κ3) is 6.50. The van der Waals surface area contributed by atoms with Gasteiger partial charge in [-0.2, -0.15) is 5.26 Å². The lowest BCUT2D eigenvalue weighted by Gasteiger charge is -2.15. The molecule has 0 saturated heterocycles. The first-order valence-electron chi connectivity index (χ1n) is 10.9. The highest BCUT2D eigenvalue weighted by molar-refractivity contribution is 9.10. The molecule has 0 saturated carbocycles. The summed E-state index contributed by atoms with van der Waals surface area (Å²) in [4.78, 5) is 12.7. The summed E-state index contributed by atoms with van der Waals surface area (Å²) in [5.41, 5.74) is 6.73. The van der Waals surface area contributed by atoms with E-state index in [2.05, 4.69) is 53.3 Å². The maximum atomic E-state index is 12.7. The topological polar surface area (TPSA) is 62.1 Å². The molecule has 0 aromatic heterocycles. The van der Waals surface area contributed by atoms with Crippen molar-refractivity contribution in [1.29, 1.82) is 5.26 Å². The molecule has 3 aromatic rings. The highest BCUT2D eigenvalue weighted by Gasteiger charge is 2.15. The van der Waals surface area contributed by atoms with E-state index in [0.29, 0.717) is 35.1 Å². The van der Waals surface area contributed by atoms with Crippen LogP contribution in [-0.2, 0) is 11.2 Å². The number of amides is 1. The molecule has 0 bridgehead atoms. The molecule has 3 rings (SSSR count). The van der Waals surface area contributed by atoms with Crippen molar-refractivity contribution in [2.75, 3.05) is 11.9 Å². The molecule has 1 amide bonds. The van der Waals surface area contributed by atoms with Crippen molar-refractivity contribution >= 4 is 45.2 Å². The van der Waals surface area contributed by atoms with E-state index in [4.69, 9.17) is 16.3 Å². The Morgan fingerprint density at radius 3 is 2.44 bits per heavy atom. The number of ether oxygens (including phenoxy) is 1. The summed E-state index contributed by atoms with van der Waals surface area (Å²) in [7, 11) is 0. The highest BCUT2D eigenvalue weighted by atomic mass is 79.9. The number of halogens is 2. The zero-order valence-electron chi connectivity index (χ0n) is 19.6. The van der Waals surface area contributed by atoms with E-state index < -0.39 is 5.91 Å². The van der Waals surface area contributed by atoms with Crippen LogP contribution in [0.15, 0.2) is 58.6 Å². The number of nitrogens with zero attached hydrogens (tertiary/aromatic N) is 1. The predicted molar refractivity (Wildman–Crippen MR) is 142 cm³/mol. The second-order valence-corrected chi connectivity index (χ2v) is 9.43. The Bertz CT molecular complexity index is 1290. The van der Waals surface area contributed by atoms with Crippen LogP contribution < -0.4 is 10.1 Å². The van der Waals surface area contributed by atoms with Crippen LogP contribution in [-0.4, -0.2) is 12.5 Å². The van der Waals surface area contributed by atoms with Gasteiger partial charge in [0.2, 0.25) is 0 Å². The van der Waals surface area contributed by atoms with Gasteiger partial charge in [-0.1, -0.05) is 62.9 Å². The quantitative estimate of drug-likeness (QED) is 0.250. The molecule has 6 heteroatoms. The fourth-order valence-electron chi connectivity index (χ4n) is 3.73. The molecule has 0 spiro atoms. The van der Waals surface area contributed by atoms with Gasteiger partial charge >= 0.3 is 0 Å². The number of hydrogen-bond acceptors (Lipinski definition) is 3. The summed E-state index contributed by atoms with van der Waals surface area (Å²) < 4.78 is 6.78. The molecule has 0 heterocycles. The van der Waals surface area contributed by atoms with Crippen LogP contribution in [0.5, 0.6) is 5.75 Å². The first kappa shape index (κ1) is 25.6. The summed E-state index contributed by atoms with van der Waals surface area (Å²) >= 11 is 9.82. The SMILES string of the molecule is CCOc1cc(/C=C(\C#N)C(=O)Nc2ccc(C)c(Cl)c2)cc(Br)c1Cc1cc(C)cc(C)c1. The van der Waals surface area contributed by atoms with E-state index in [1.807, 2.05) is 38.1 Å². The molecular formula is C28H26BrClN2O2. The number of aryl methyl sites for hydroxylation is 3. The number of nitrogens with one attached hydrogen (secondary N) is 1. The Morgan fingerprint density at radius 1 is 1.12 bits per heavy atom. The van der Waals surface area contributed by atoms with E-state index in [0.717, 1.165) is 15.6 Å². The summed E-state index contributed by atoms with van der Waals surface area (Å²) in [6.45, 7) is 8.48. The number of benzene rings is 3. The smallest absolute Gasteiger partial charge is 0.266 e. The lowest BCUT2D eigenvalue weighted by atomic mass is 9.98. The van der Waals surface area contributed by atoms with Crippen LogP contribution in [0.25, 0.3) is 6.08 Å². The standard InChI is InChI=1S/C28H26BrClN2O2/c1-5-34-27-14-21(13-25(29)24(27)12-20-9-17(2)8-18(3)10-20)11-22(16-31)28(33)32-23-7-6-19(4)26(30)15-23/h6-11,13-15H,5,12H2,1-4H3,(H,32,33)/b22-11+. The summed E-state index contributed by atoms with van der Waals surface area (Å²) in [5, 5.41) is 12.9. The van der Waals surface area contributed by atoms with Gasteiger partial charge in [0.25, 0.3) is 5.91 Å². The molecule has 0 aliphatic heterocycles. The molecule has 0 aliphatic rings. The van der Waals surface area contributed by atoms with E-state index in [9.17, 15) is 10.1 Å². The molecular weight excluding hydrogens is 512 g/mol. The zero-order chi connectivity index (χ0) is 24.8. The lowest BCUT2D eigenvalue weighted by molar-refractivity contribution is -0.112. The van der Waals surface area contributed by atoms with Crippen LogP contribution in [0.3, 0.4) is 0 Å². The largest absolute Gasteiger partial charge is 0.494 e. The Morgan fingerprint density at radius 2 is 1.82 bits per heavy atom. The van der Waals surface area contributed by atoms with Crippen molar-refractivity contribution in [2.24, 2.45) is 0 Å².